The van der Waals surface area contributed by atoms with Crippen LogP contribution in [0.15, 0.2) is 84.6 Å². The number of fused-ring (bicyclic) bond motifs is 1. The van der Waals surface area contributed by atoms with Crippen molar-refractivity contribution < 1.29 is 9.53 Å². The van der Waals surface area contributed by atoms with Gasteiger partial charge in [0.1, 0.15) is 12.4 Å². The van der Waals surface area contributed by atoms with E-state index in [4.69, 9.17) is 4.74 Å². The number of hydrogen-bond acceptors (Lipinski definition) is 3. The van der Waals surface area contributed by atoms with Crippen LogP contribution in [0.5, 0.6) is 5.75 Å². The second kappa shape index (κ2) is 9.40. The Morgan fingerprint density at radius 1 is 1.03 bits per heavy atom. The summed E-state index contributed by atoms with van der Waals surface area (Å²) in [5.74, 6) is 0.832. The van der Waals surface area contributed by atoms with Gasteiger partial charge in [0.2, 0.25) is 0 Å². The number of para-hydroxylation sites is 1. The summed E-state index contributed by atoms with van der Waals surface area (Å²) < 4.78 is 5.84. The summed E-state index contributed by atoms with van der Waals surface area (Å²) in [6.07, 6.45) is 5.53. The number of amides is 1. The van der Waals surface area contributed by atoms with E-state index in [0.29, 0.717) is 18.7 Å². The number of nitrogens with zero attached hydrogens (tertiary/aromatic N) is 2. The van der Waals surface area contributed by atoms with E-state index in [1.54, 1.807) is 6.20 Å². The molecule has 4 heteroatoms. The van der Waals surface area contributed by atoms with E-state index in [2.05, 4.69) is 36.2 Å². The van der Waals surface area contributed by atoms with Gasteiger partial charge in [-0.3, -0.25) is 9.78 Å². The number of rotatable bonds is 7. The molecule has 0 saturated carbocycles. The molecule has 1 aliphatic rings. The minimum Gasteiger partial charge on any atom is -0.488 e. The molecule has 0 aliphatic carbocycles. The molecule has 0 fully saturated rings. The van der Waals surface area contributed by atoms with E-state index in [9.17, 15) is 4.79 Å². The van der Waals surface area contributed by atoms with E-state index < -0.39 is 0 Å². The number of benzene rings is 2. The van der Waals surface area contributed by atoms with Crippen molar-refractivity contribution >= 4 is 12.0 Å². The molecule has 1 aliphatic heterocycles. The van der Waals surface area contributed by atoms with E-state index >= 15 is 0 Å². The molecule has 4 rings (SSSR count). The van der Waals surface area contributed by atoms with Crippen LogP contribution in [0.3, 0.4) is 0 Å². The van der Waals surface area contributed by atoms with Crippen LogP contribution < -0.4 is 4.74 Å². The van der Waals surface area contributed by atoms with Crippen molar-refractivity contribution in [1.29, 1.82) is 0 Å². The van der Waals surface area contributed by atoms with E-state index in [1.165, 1.54) is 5.56 Å². The van der Waals surface area contributed by atoms with Crippen molar-refractivity contribution in [3.63, 3.8) is 0 Å². The lowest BCUT2D eigenvalue weighted by Gasteiger charge is -2.31. The van der Waals surface area contributed by atoms with Gasteiger partial charge in [0.05, 0.1) is 17.8 Å². The fourth-order valence-corrected chi connectivity index (χ4v) is 3.69. The van der Waals surface area contributed by atoms with Gasteiger partial charge in [0.25, 0.3) is 5.91 Å². The number of pyridine rings is 1. The molecule has 0 bridgehead atoms. The summed E-state index contributed by atoms with van der Waals surface area (Å²) in [6, 6.07) is 24.1. The summed E-state index contributed by atoms with van der Waals surface area (Å²) in [4.78, 5) is 19.9. The van der Waals surface area contributed by atoms with Gasteiger partial charge >= 0.3 is 0 Å². The smallest absolute Gasteiger partial charge is 0.253 e. The van der Waals surface area contributed by atoms with Gasteiger partial charge in [-0.2, -0.15) is 0 Å². The normalized spacial score (nSPS) is 13.6. The zero-order chi connectivity index (χ0) is 20.8. The Hall–Kier alpha value is -3.40. The predicted molar refractivity (Wildman–Crippen MR) is 119 cm³/mol. The molecule has 4 nitrogen and oxygen atoms in total. The SMILES string of the molecule is C[C@H](CCc1ccccc1)N(Cc1ccccn1)C(=O)C1=Cc2ccccc2OC1. The van der Waals surface area contributed by atoms with Gasteiger partial charge < -0.3 is 9.64 Å². The minimum absolute atomic E-state index is 0.00992. The predicted octanol–water partition coefficient (Wildman–Crippen LogP) is 4.91. The quantitative estimate of drug-likeness (QED) is 0.568. The number of carbonyl (C=O) groups is 1. The van der Waals surface area contributed by atoms with Gasteiger partial charge in [-0.1, -0.05) is 54.6 Å². The Labute approximate surface area is 177 Å². The Balaban J connectivity index is 1.55. The van der Waals surface area contributed by atoms with Crippen molar-refractivity contribution in [2.45, 2.75) is 32.4 Å². The number of aromatic nitrogens is 1. The van der Waals surface area contributed by atoms with Crippen LogP contribution in [0.2, 0.25) is 0 Å². The van der Waals surface area contributed by atoms with Crippen molar-refractivity contribution in [3.8, 4) is 5.75 Å². The Morgan fingerprint density at radius 3 is 2.60 bits per heavy atom. The van der Waals surface area contributed by atoms with Crippen molar-refractivity contribution in [1.82, 2.24) is 9.88 Å². The van der Waals surface area contributed by atoms with Gasteiger partial charge in [-0.05, 0) is 49.6 Å². The molecule has 0 spiro atoms. The molecule has 2 aromatic carbocycles. The number of aryl methyl sites for hydroxylation is 1. The first-order chi connectivity index (χ1) is 14.7. The molecule has 152 valence electrons. The number of carbonyl (C=O) groups excluding carboxylic acids is 1. The standard InChI is InChI=1S/C26H26N2O2/c1-20(14-15-21-9-3-2-4-10-21)28(18-24-12-7-8-16-27-24)26(29)23-17-22-11-5-6-13-25(22)30-19-23/h2-13,16-17,20H,14-15,18-19H2,1H3/t20-/m1/s1. The van der Waals surface area contributed by atoms with Crippen molar-refractivity contribution in [3.05, 3.63) is 101 Å². The second-order valence-corrected chi connectivity index (χ2v) is 7.62. The molecule has 0 unspecified atom stereocenters. The molecule has 0 N–H and O–H groups in total. The number of hydrogen-bond donors (Lipinski definition) is 0. The third-order valence-corrected chi connectivity index (χ3v) is 5.45. The Bertz CT molecular complexity index is 1020. The molecular weight excluding hydrogens is 372 g/mol. The molecule has 3 aromatic rings. The minimum atomic E-state index is 0.00992. The fraction of sp³-hybridized carbons (Fsp3) is 0.231. The summed E-state index contributed by atoms with van der Waals surface area (Å²) in [6.45, 7) is 2.89. The zero-order valence-corrected chi connectivity index (χ0v) is 17.2. The van der Waals surface area contributed by atoms with Crippen LogP contribution in [-0.4, -0.2) is 28.4 Å². The lowest BCUT2D eigenvalue weighted by Crippen LogP contribution is -2.40. The first kappa shape index (κ1) is 19.9. The zero-order valence-electron chi connectivity index (χ0n) is 17.2. The average Bonchev–Trinajstić information content (AvgIpc) is 2.81. The lowest BCUT2D eigenvalue weighted by atomic mass is 10.0. The van der Waals surface area contributed by atoms with Crippen LogP contribution in [0, 0.1) is 0 Å². The molecule has 30 heavy (non-hydrogen) atoms. The molecule has 1 atom stereocenters. The van der Waals surface area contributed by atoms with Crippen LogP contribution in [0.25, 0.3) is 6.08 Å². The number of ether oxygens (including phenoxy) is 1. The summed E-state index contributed by atoms with van der Waals surface area (Å²) in [5.41, 5.74) is 3.79. The maximum atomic E-state index is 13.5. The van der Waals surface area contributed by atoms with Crippen molar-refractivity contribution in [2.75, 3.05) is 6.61 Å². The van der Waals surface area contributed by atoms with Gasteiger partial charge in [-0.25, -0.2) is 0 Å². The fourth-order valence-electron chi connectivity index (χ4n) is 3.69. The molecule has 0 saturated heterocycles. The molecule has 1 amide bonds. The largest absolute Gasteiger partial charge is 0.488 e. The maximum Gasteiger partial charge on any atom is 0.253 e. The first-order valence-corrected chi connectivity index (χ1v) is 10.4. The van der Waals surface area contributed by atoms with Crippen LogP contribution in [0.4, 0.5) is 0 Å². The van der Waals surface area contributed by atoms with Crippen LogP contribution in [-0.2, 0) is 17.8 Å². The van der Waals surface area contributed by atoms with E-state index in [-0.39, 0.29) is 11.9 Å². The highest BCUT2D eigenvalue weighted by atomic mass is 16.5. The lowest BCUT2D eigenvalue weighted by molar-refractivity contribution is -0.130. The molecular formula is C26H26N2O2. The highest BCUT2D eigenvalue weighted by Crippen LogP contribution is 2.27. The van der Waals surface area contributed by atoms with Crippen molar-refractivity contribution in [2.24, 2.45) is 0 Å². The topological polar surface area (TPSA) is 42.4 Å². The Morgan fingerprint density at radius 2 is 1.80 bits per heavy atom. The summed E-state index contributed by atoms with van der Waals surface area (Å²) >= 11 is 0. The maximum absolute atomic E-state index is 13.5. The molecule has 0 radical (unpaired) electrons. The van der Waals surface area contributed by atoms with Gasteiger partial charge in [0.15, 0.2) is 0 Å². The third-order valence-electron chi connectivity index (χ3n) is 5.45. The molecule has 2 heterocycles. The third kappa shape index (κ3) is 4.77. The summed E-state index contributed by atoms with van der Waals surface area (Å²) in [5, 5.41) is 0. The second-order valence-electron chi connectivity index (χ2n) is 7.62. The van der Waals surface area contributed by atoms with E-state index in [1.807, 2.05) is 59.5 Å². The van der Waals surface area contributed by atoms with Crippen LogP contribution >= 0.6 is 0 Å². The van der Waals surface area contributed by atoms with E-state index in [0.717, 1.165) is 29.8 Å². The monoisotopic (exact) mass is 398 g/mol. The van der Waals surface area contributed by atoms with Gasteiger partial charge in [0, 0.05) is 17.8 Å². The first-order valence-electron chi connectivity index (χ1n) is 10.4. The van der Waals surface area contributed by atoms with Gasteiger partial charge in [-0.15, -0.1) is 0 Å². The molecule has 1 aromatic heterocycles. The van der Waals surface area contributed by atoms with Crippen LogP contribution in [0.1, 0.15) is 30.2 Å². The highest BCUT2D eigenvalue weighted by molar-refractivity contribution is 5.99. The highest BCUT2D eigenvalue weighted by Gasteiger charge is 2.26. The average molecular weight is 399 g/mol. The summed E-state index contributed by atoms with van der Waals surface area (Å²) in [7, 11) is 0. The Kier molecular flexibility index (Phi) is 6.23.